The van der Waals surface area contributed by atoms with Gasteiger partial charge in [-0.1, -0.05) is 29.4 Å². The highest BCUT2D eigenvalue weighted by Gasteiger charge is 2.46. The number of nitrogens with zero attached hydrogens (tertiary/aromatic N) is 6. The molecule has 33 heavy (non-hydrogen) atoms. The highest BCUT2D eigenvalue weighted by atomic mass is 35.5. The fourth-order valence-corrected chi connectivity index (χ4v) is 5.88. The molecule has 3 heterocycles. The Hall–Kier alpha value is -2.93. The van der Waals surface area contributed by atoms with Crippen LogP contribution in [0.1, 0.15) is 35.6 Å². The Kier molecular flexibility index (Phi) is 5.83. The Morgan fingerprint density at radius 1 is 1.24 bits per heavy atom. The van der Waals surface area contributed by atoms with Crippen molar-refractivity contribution in [2.75, 3.05) is 30.4 Å². The minimum atomic E-state index is -0.00664. The standard InChI is InChI=1S/C23H23ClN8S/c1-27-21-19(24)17(4-7-28-21)33-18-13-29-22(31-30-18)32-8-5-23(6-9-32)11-15-10-14(12-25)2-3-16(15)20(23)26/h2-4,7,10,13,20H,5-6,8-9,11,26H2,1H3,(H,27,28)/t20-/m1/s1. The molecule has 1 fully saturated rings. The zero-order chi connectivity index (χ0) is 23.0. The molecule has 3 aromatic rings. The lowest BCUT2D eigenvalue weighted by atomic mass is 9.73. The van der Waals surface area contributed by atoms with E-state index in [1.54, 1.807) is 19.4 Å². The van der Waals surface area contributed by atoms with Crippen LogP contribution in [0.3, 0.4) is 0 Å². The van der Waals surface area contributed by atoms with E-state index in [1.165, 1.54) is 22.9 Å². The lowest BCUT2D eigenvalue weighted by Crippen LogP contribution is -2.45. The number of aromatic nitrogens is 4. The first kappa shape index (κ1) is 21.9. The first-order valence-electron chi connectivity index (χ1n) is 10.8. The molecular weight excluding hydrogens is 456 g/mol. The van der Waals surface area contributed by atoms with Crippen LogP contribution < -0.4 is 16.0 Å². The minimum absolute atomic E-state index is 0.00664. The van der Waals surface area contributed by atoms with E-state index in [4.69, 9.17) is 17.3 Å². The summed E-state index contributed by atoms with van der Waals surface area (Å²) in [4.78, 5) is 11.8. The molecule has 5 rings (SSSR count). The van der Waals surface area contributed by atoms with E-state index < -0.39 is 0 Å². The second-order valence-electron chi connectivity index (χ2n) is 8.45. The summed E-state index contributed by atoms with van der Waals surface area (Å²) in [7, 11) is 1.78. The topological polar surface area (TPSA) is 117 Å². The molecule has 0 saturated carbocycles. The number of fused-ring (bicyclic) bond motifs is 1. The van der Waals surface area contributed by atoms with Crippen molar-refractivity contribution in [1.82, 2.24) is 20.2 Å². The summed E-state index contributed by atoms with van der Waals surface area (Å²) in [6, 6.07) is 9.95. The van der Waals surface area contributed by atoms with E-state index in [0.29, 0.717) is 27.4 Å². The molecule has 10 heteroatoms. The van der Waals surface area contributed by atoms with Crippen LogP contribution in [0.4, 0.5) is 11.8 Å². The van der Waals surface area contributed by atoms with Crippen LogP contribution in [0.25, 0.3) is 0 Å². The number of piperidine rings is 1. The van der Waals surface area contributed by atoms with Crippen LogP contribution in [-0.4, -0.2) is 40.3 Å². The van der Waals surface area contributed by atoms with Crippen molar-refractivity contribution in [2.24, 2.45) is 11.1 Å². The molecule has 3 N–H and O–H groups in total. The van der Waals surface area contributed by atoms with Gasteiger partial charge in [-0.15, -0.1) is 10.2 Å². The van der Waals surface area contributed by atoms with Gasteiger partial charge < -0.3 is 16.0 Å². The summed E-state index contributed by atoms with van der Waals surface area (Å²) in [5.41, 5.74) is 9.81. The average molecular weight is 479 g/mol. The summed E-state index contributed by atoms with van der Waals surface area (Å²) in [5.74, 6) is 1.25. The van der Waals surface area contributed by atoms with Crippen molar-refractivity contribution in [1.29, 1.82) is 5.26 Å². The lowest BCUT2D eigenvalue weighted by Gasteiger charge is -2.42. The maximum atomic E-state index is 9.22. The van der Waals surface area contributed by atoms with Crippen LogP contribution in [0.5, 0.6) is 0 Å². The number of hydrogen-bond acceptors (Lipinski definition) is 9. The Morgan fingerprint density at radius 3 is 2.76 bits per heavy atom. The molecular formula is C23H23ClN8S. The Labute approximate surface area is 201 Å². The molecule has 168 valence electrons. The van der Waals surface area contributed by atoms with Gasteiger partial charge in [0.05, 0.1) is 22.9 Å². The second kappa shape index (κ2) is 8.78. The van der Waals surface area contributed by atoms with Gasteiger partial charge in [0.15, 0.2) is 0 Å². The number of nitriles is 1. The summed E-state index contributed by atoms with van der Waals surface area (Å²) in [6.45, 7) is 1.64. The molecule has 2 aromatic heterocycles. The van der Waals surface area contributed by atoms with E-state index in [9.17, 15) is 5.26 Å². The SMILES string of the molecule is CNc1nccc(Sc2cnc(N3CCC4(CC3)Cc3cc(C#N)ccc3[C@H]4N)nn2)c1Cl. The van der Waals surface area contributed by atoms with Crippen molar-refractivity contribution >= 4 is 35.1 Å². The third-order valence-corrected chi connectivity index (χ3v) is 8.14. The maximum Gasteiger partial charge on any atom is 0.245 e. The number of pyridine rings is 1. The molecule has 0 unspecified atom stereocenters. The van der Waals surface area contributed by atoms with Gasteiger partial charge in [0.1, 0.15) is 10.8 Å². The smallest absolute Gasteiger partial charge is 0.245 e. The van der Waals surface area contributed by atoms with Gasteiger partial charge in [0, 0.05) is 37.3 Å². The number of halogens is 1. The van der Waals surface area contributed by atoms with Gasteiger partial charge in [0.2, 0.25) is 5.95 Å². The van der Waals surface area contributed by atoms with E-state index in [-0.39, 0.29) is 11.5 Å². The number of hydrogen-bond donors (Lipinski definition) is 2. The van der Waals surface area contributed by atoms with Crippen LogP contribution in [-0.2, 0) is 6.42 Å². The van der Waals surface area contributed by atoms with E-state index in [1.807, 2.05) is 24.3 Å². The molecule has 1 aliphatic carbocycles. The predicted octanol–water partition coefficient (Wildman–Crippen LogP) is 3.83. The monoisotopic (exact) mass is 478 g/mol. The molecule has 1 aromatic carbocycles. The first-order chi connectivity index (χ1) is 16.0. The van der Waals surface area contributed by atoms with E-state index in [0.717, 1.165) is 37.2 Å². The first-order valence-corrected chi connectivity index (χ1v) is 12.0. The molecule has 0 amide bonds. The van der Waals surface area contributed by atoms with Crippen LogP contribution in [0, 0.1) is 16.7 Å². The average Bonchev–Trinajstić information content (AvgIpc) is 3.11. The highest BCUT2D eigenvalue weighted by Crippen LogP contribution is 2.51. The third kappa shape index (κ3) is 3.99. The normalized spacial score (nSPS) is 18.7. The van der Waals surface area contributed by atoms with Crippen molar-refractivity contribution in [3.8, 4) is 6.07 Å². The van der Waals surface area contributed by atoms with Gasteiger partial charge in [-0.2, -0.15) is 5.26 Å². The predicted molar refractivity (Wildman–Crippen MR) is 128 cm³/mol. The third-order valence-electron chi connectivity index (χ3n) is 6.69. The zero-order valence-electron chi connectivity index (χ0n) is 18.1. The summed E-state index contributed by atoms with van der Waals surface area (Å²) in [6.07, 6.45) is 6.25. The Morgan fingerprint density at radius 2 is 2.06 bits per heavy atom. The summed E-state index contributed by atoms with van der Waals surface area (Å²) in [5, 5.41) is 22.1. The fraction of sp³-hybridized carbons (Fsp3) is 0.348. The number of rotatable bonds is 4. The van der Waals surface area contributed by atoms with Gasteiger partial charge in [-0.05, 0) is 54.0 Å². The number of anilines is 2. The van der Waals surface area contributed by atoms with Crippen LogP contribution in [0.15, 0.2) is 46.6 Å². The lowest BCUT2D eigenvalue weighted by molar-refractivity contribution is 0.186. The van der Waals surface area contributed by atoms with Crippen molar-refractivity contribution < 1.29 is 0 Å². The van der Waals surface area contributed by atoms with Crippen molar-refractivity contribution in [2.45, 2.75) is 35.2 Å². The number of benzene rings is 1. The van der Waals surface area contributed by atoms with E-state index in [2.05, 4.69) is 36.5 Å². The number of nitrogens with two attached hydrogens (primary N) is 1. The quantitative estimate of drug-likeness (QED) is 0.576. The maximum absolute atomic E-state index is 9.22. The molecule has 1 spiro atoms. The molecule has 0 radical (unpaired) electrons. The summed E-state index contributed by atoms with van der Waals surface area (Å²) < 4.78 is 0. The van der Waals surface area contributed by atoms with Gasteiger partial charge in [0.25, 0.3) is 0 Å². The fourth-order valence-electron chi connectivity index (χ4n) is 4.83. The largest absolute Gasteiger partial charge is 0.372 e. The van der Waals surface area contributed by atoms with Gasteiger partial charge in [-0.3, -0.25) is 0 Å². The van der Waals surface area contributed by atoms with Crippen molar-refractivity contribution in [3.05, 3.63) is 58.4 Å². The van der Waals surface area contributed by atoms with Crippen molar-refractivity contribution in [3.63, 3.8) is 0 Å². The Bertz CT molecular complexity index is 1220. The number of nitrogens with one attached hydrogen (secondary N) is 1. The van der Waals surface area contributed by atoms with Gasteiger partial charge in [-0.25, -0.2) is 9.97 Å². The van der Waals surface area contributed by atoms with Gasteiger partial charge >= 0.3 is 0 Å². The highest BCUT2D eigenvalue weighted by molar-refractivity contribution is 7.99. The molecule has 8 nitrogen and oxygen atoms in total. The minimum Gasteiger partial charge on any atom is -0.372 e. The molecule has 2 aliphatic rings. The van der Waals surface area contributed by atoms with Crippen LogP contribution in [0.2, 0.25) is 5.02 Å². The summed E-state index contributed by atoms with van der Waals surface area (Å²) >= 11 is 7.79. The molecule has 1 saturated heterocycles. The zero-order valence-corrected chi connectivity index (χ0v) is 19.7. The molecule has 0 bridgehead atoms. The van der Waals surface area contributed by atoms with Crippen LogP contribution >= 0.6 is 23.4 Å². The second-order valence-corrected chi connectivity index (χ2v) is 9.89. The van der Waals surface area contributed by atoms with E-state index >= 15 is 0 Å². The molecule has 1 atom stereocenters. The Balaban J connectivity index is 1.25. The molecule has 1 aliphatic heterocycles.